The first-order valence-electron chi connectivity index (χ1n) is 9.96. The molecule has 2 nitrogen and oxygen atoms in total. The molecule has 27 heavy (non-hydrogen) atoms. The summed E-state index contributed by atoms with van der Waals surface area (Å²) in [5, 5.41) is 3.12. The number of rotatable bonds is 5. The van der Waals surface area contributed by atoms with Gasteiger partial charge in [-0.15, -0.1) is 0 Å². The zero-order valence-electron chi connectivity index (χ0n) is 18.0. The molecule has 146 valence electrons. The zero-order valence-corrected chi connectivity index (χ0v) is 18.0. The molecule has 1 atom stereocenters. The molecular formula is C25H35NO. The van der Waals surface area contributed by atoms with Crippen molar-refractivity contribution in [1.82, 2.24) is 5.32 Å². The van der Waals surface area contributed by atoms with Gasteiger partial charge in [0.15, 0.2) is 0 Å². The highest BCUT2D eigenvalue weighted by molar-refractivity contribution is 5.76. The van der Waals surface area contributed by atoms with Crippen molar-refractivity contribution in [2.45, 2.75) is 78.2 Å². The molecule has 2 rings (SSSR count). The SMILES string of the molecule is C[C@H](NC(=O)CCc1ccc(C(C)(C)C)cc1)c1ccc(C(C)(C)C)cc1. The number of hydrogen-bond acceptors (Lipinski definition) is 1. The van der Waals surface area contributed by atoms with Crippen LogP contribution in [0.3, 0.4) is 0 Å². The highest BCUT2D eigenvalue weighted by Gasteiger charge is 2.15. The molecule has 0 aromatic heterocycles. The fourth-order valence-electron chi connectivity index (χ4n) is 3.10. The van der Waals surface area contributed by atoms with Crippen molar-refractivity contribution in [1.29, 1.82) is 0 Å². The fourth-order valence-corrected chi connectivity index (χ4v) is 3.10. The van der Waals surface area contributed by atoms with Gasteiger partial charge in [-0.2, -0.15) is 0 Å². The van der Waals surface area contributed by atoms with E-state index in [4.69, 9.17) is 0 Å². The summed E-state index contributed by atoms with van der Waals surface area (Å²) in [5.74, 6) is 0.0993. The Bertz CT molecular complexity index is 743. The molecule has 1 amide bonds. The lowest BCUT2D eigenvalue weighted by atomic mass is 9.86. The minimum atomic E-state index is 0.0229. The summed E-state index contributed by atoms with van der Waals surface area (Å²) >= 11 is 0. The van der Waals surface area contributed by atoms with Crippen LogP contribution >= 0.6 is 0 Å². The molecule has 0 unspecified atom stereocenters. The Morgan fingerprint density at radius 2 is 1.26 bits per heavy atom. The van der Waals surface area contributed by atoms with Gasteiger partial charge in [0.25, 0.3) is 0 Å². The number of amides is 1. The quantitative estimate of drug-likeness (QED) is 0.682. The number of carbonyl (C=O) groups is 1. The van der Waals surface area contributed by atoms with Gasteiger partial charge in [-0.25, -0.2) is 0 Å². The summed E-state index contributed by atoms with van der Waals surface area (Å²) in [6.45, 7) is 15.3. The highest BCUT2D eigenvalue weighted by atomic mass is 16.1. The van der Waals surface area contributed by atoms with E-state index in [1.165, 1.54) is 16.7 Å². The third-order valence-electron chi connectivity index (χ3n) is 5.11. The van der Waals surface area contributed by atoms with Crippen molar-refractivity contribution in [3.8, 4) is 0 Å². The second-order valence-electron chi connectivity index (χ2n) is 9.61. The summed E-state index contributed by atoms with van der Waals surface area (Å²) in [4.78, 5) is 12.3. The van der Waals surface area contributed by atoms with E-state index in [-0.39, 0.29) is 22.8 Å². The average Bonchev–Trinajstić information content (AvgIpc) is 2.59. The number of nitrogens with one attached hydrogen (secondary N) is 1. The van der Waals surface area contributed by atoms with Crippen molar-refractivity contribution in [3.63, 3.8) is 0 Å². The molecule has 0 aliphatic rings. The first-order valence-corrected chi connectivity index (χ1v) is 9.96. The lowest BCUT2D eigenvalue weighted by Gasteiger charge is -2.21. The van der Waals surface area contributed by atoms with Gasteiger partial charge in [0.05, 0.1) is 6.04 Å². The molecular weight excluding hydrogens is 330 g/mol. The van der Waals surface area contributed by atoms with Gasteiger partial charge in [0.1, 0.15) is 0 Å². The summed E-state index contributed by atoms with van der Waals surface area (Å²) in [6.07, 6.45) is 1.28. The fraction of sp³-hybridized carbons (Fsp3) is 0.480. The van der Waals surface area contributed by atoms with Gasteiger partial charge < -0.3 is 5.32 Å². The maximum absolute atomic E-state index is 12.3. The van der Waals surface area contributed by atoms with Crippen LogP contribution in [0.25, 0.3) is 0 Å². The molecule has 2 aromatic rings. The van der Waals surface area contributed by atoms with Crippen LogP contribution in [0, 0.1) is 0 Å². The molecule has 0 aliphatic heterocycles. The van der Waals surface area contributed by atoms with E-state index in [0.29, 0.717) is 6.42 Å². The predicted molar refractivity (Wildman–Crippen MR) is 115 cm³/mol. The minimum absolute atomic E-state index is 0.0229. The Balaban J connectivity index is 1.88. The van der Waals surface area contributed by atoms with Crippen LogP contribution < -0.4 is 5.32 Å². The molecule has 0 radical (unpaired) electrons. The van der Waals surface area contributed by atoms with Crippen LogP contribution in [-0.4, -0.2) is 5.91 Å². The average molecular weight is 366 g/mol. The molecule has 2 heteroatoms. The molecule has 0 heterocycles. The van der Waals surface area contributed by atoms with Gasteiger partial charge in [-0.1, -0.05) is 90.1 Å². The lowest BCUT2D eigenvalue weighted by molar-refractivity contribution is -0.121. The zero-order chi connectivity index (χ0) is 20.2. The molecule has 0 saturated carbocycles. The van der Waals surface area contributed by atoms with Gasteiger partial charge >= 0.3 is 0 Å². The van der Waals surface area contributed by atoms with E-state index < -0.39 is 0 Å². The number of benzene rings is 2. The van der Waals surface area contributed by atoms with E-state index in [2.05, 4.69) is 95.4 Å². The maximum Gasteiger partial charge on any atom is 0.220 e. The van der Waals surface area contributed by atoms with Gasteiger partial charge in [-0.05, 0) is 46.4 Å². The summed E-state index contributed by atoms with van der Waals surface area (Å²) in [7, 11) is 0. The van der Waals surface area contributed by atoms with Gasteiger partial charge in [-0.3, -0.25) is 4.79 Å². The van der Waals surface area contributed by atoms with Crippen molar-refractivity contribution >= 4 is 5.91 Å². The number of aryl methyl sites for hydroxylation is 1. The molecule has 1 N–H and O–H groups in total. The lowest BCUT2D eigenvalue weighted by Crippen LogP contribution is -2.27. The number of hydrogen-bond donors (Lipinski definition) is 1. The van der Waals surface area contributed by atoms with Crippen molar-refractivity contribution < 1.29 is 4.79 Å². The summed E-state index contributed by atoms with van der Waals surface area (Å²) in [5.41, 5.74) is 5.29. The molecule has 0 fully saturated rings. The van der Waals surface area contributed by atoms with Crippen LogP contribution in [0.5, 0.6) is 0 Å². The minimum Gasteiger partial charge on any atom is -0.350 e. The third kappa shape index (κ3) is 6.23. The second-order valence-corrected chi connectivity index (χ2v) is 9.61. The second kappa shape index (κ2) is 8.29. The van der Waals surface area contributed by atoms with Crippen molar-refractivity contribution in [2.24, 2.45) is 0 Å². The van der Waals surface area contributed by atoms with Crippen molar-refractivity contribution in [3.05, 3.63) is 70.8 Å². The highest BCUT2D eigenvalue weighted by Crippen LogP contribution is 2.24. The normalized spacial score (nSPS) is 13.3. The smallest absolute Gasteiger partial charge is 0.220 e. The van der Waals surface area contributed by atoms with Crippen LogP contribution in [0.4, 0.5) is 0 Å². The third-order valence-corrected chi connectivity index (χ3v) is 5.11. The van der Waals surface area contributed by atoms with Crippen molar-refractivity contribution in [2.75, 3.05) is 0 Å². The van der Waals surface area contributed by atoms with Crippen LogP contribution in [-0.2, 0) is 22.0 Å². The molecule has 0 aliphatic carbocycles. The van der Waals surface area contributed by atoms with E-state index in [1.54, 1.807) is 0 Å². The number of carbonyl (C=O) groups excluding carboxylic acids is 1. The Morgan fingerprint density at radius 1 is 0.815 bits per heavy atom. The van der Waals surface area contributed by atoms with E-state index >= 15 is 0 Å². The molecule has 0 bridgehead atoms. The topological polar surface area (TPSA) is 29.1 Å². The van der Waals surface area contributed by atoms with E-state index in [0.717, 1.165) is 12.0 Å². The first-order chi connectivity index (χ1) is 12.5. The van der Waals surface area contributed by atoms with E-state index in [9.17, 15) is 4.79 Å². The van der Waals surface area contributed by atoms with Gasteiger partial charge in [0, 0.05) is 6.42 Å². The summed E-state index contributed by atoms with van der Waals surface area (Å²) < 4.78 is 0. The first kappa shape index (κ1) is 21.2. The Hall–Kier alpha value is -2.09. The standard InChI is InChI=1S/C25H35NO/c1-18(20-11-15-22(16-12-20)25(5,6)7)26-23(27)17-10-19-8-13-21(14-9-19)24(2,3)4/h8-9,11-16,18H,10,17H2,1-7H3,(H,26,27)/t18-/m0/s1. The molecule has 2 aromatic carbocycles. The molecule has 0 spiro atoms. The molecule has 0 saturated heterocycles. The van der Waals surface area contributed by atoms with Crippen LogP contribution in [0.15, 0.2) is 48.5 Å². The Morgan fingerprint density at radius 3 is 1.70 bits per heavy atom. The Labute approximate surface area is 165 Å². The Kier molecular flexibility index (Phi) is 6.51. The monoisotopic (exact) mass is 365 g/mol. The van der Waals surface area contributed by atoms with E-state index in [1.807, 2.05) is 6.92 Å². The van der Waals surface area contributed by atoms with Crippen LogP contribution in [0.2, 0.25) is 0 Å². The van der Waals surface area contributed by atoms with Gasteiger partial charge in [0.2, 0.25) is 5.91 Å². The summed E-state index contributed by atoms with van der Waals surface area (Å²) in [6, 6.07) is 17.2. The maximum atomic E-state index is 12.3. The predicted octanol–water partition coefficient (Wildman–Crippen LogP) is 6.09. The largest absolute Gasteiger partial charge is 0.350 e. The van der Waals surface area contributed by atoms with Crippen LogP contribution in [0.1, 0.15) is 83.2 Å².